The molecule has 1 aliphatic heterocycles. The van der Waals surface area contributed by atoms with E-state index in [-0.39, 0.29) is 5.91 Å². The predicted molar refractivity (Wildman–Crippen MR) is 55.1 cm³/mol. The molecule has 0 spiro atoms. The van der Waals surface area contributed by atoms with Crippen LogP contribution < -0.4 is 5.32 Å². The van der Waals surface area contributed by atoms with Gasteiger partial charge in [-0.2, -0.15) is 0 Å². The molecule has 1 saturated heterocycles. The number of morpholine rings is 1. The molecule has 1 heterocycles. The number of likely N-dealkylation sites (N-methyl/N-ethyl adjacent to an activating group) is 1. The van der Waals surface area contributed by atoms with Gasteiger partial charge in [-0.1, -0.05) is 6.58 Å². The zero-order chi connectivity index (χ0) is 10.4. The quantitative estimate of drug-likeness (QED) is 0.647. The topological polar surface area (TPSA) is 41.6 Å². The summed E-state index contributed by atoms with van der Waals surface area (Å²) >= 11 is 0. The average Bonchev–Trinajstić information content (AvgIpc) is 2.19. The highest BCUT2D eigenvalue weighted by Crippen LogP contribution is 2.01. The third-order valence-corrected chi connectivity index (χ3v) is 2.18. The Kier molecular flexibility index (Phi) is 4.62. The summed E-state index contributed by atoms with van der Waals surface area (Å²) in [6.07, 6.45) is 0. The minimum absolute atomic E-state index is 0.0426. The van der Waals surface area contributed by atoms with Crippen LogP contribution in [0.1, 0.15) is 6.92 Å². The van der Waals surface area contributed by atoms with Gasteiger partial charge in [-0.15, -0.1) is 0 Å². The number of carbonyl (C=O) groups excluding carboxylic acids is 1. The van der Waals surface area contributed by atoms with Crippen molar-refractivity contribution in [3.63, 3.8) is 0 Å². The zero-order valence-corrected chi connectivity index (χ0v) is 8.71. The number of carbonyl (C=O) groups is 1. The van der Waals surface area contributed by atoms with Gasteiger partial charge in [0.05, 0.1) is 13.2 Å². The van der Waals surface area contributed by atoms with Crippen LogP contribution in [-0.4, -0.2) is 50.2 Å². The number of nitrogens with zero attached hydrogens (tertiary/aromatic N) is 1. The molecule has 0 aromatic heterocycles. The summed E-state index contributed by atoms with van der Waals surface area (Å²) in [6.45, 7) is 10.3. The Morgan fingerprint density at radius 3 is 2.71 bits per heavy atom. The lowest BCUT2D eigenvalue weighted by atomic mass is 10.2. The Labute approximate surface area is 84.9 Å². The predicted octanol–water partition coefficient (Wildman–Crippen LogP) is 0.0109. The molecule has 0 unspecified atom stereocenters. The summed E-state index contributed by atoms with van der Waals surface area (Å²) in [5, 5.41) is 2.74. The number of amides is 1. The van der Waals surface area contributed by atoms with Crippen molar-refractivity contribution < 1.29 is 9.53 Å². The molecule has 1 fully saturated rings. The maximum absolute atomic E-state index is 11.3. The summed E-state index contributed by atoms with van der Waals surface area (Å²) in [5.41, 5.74) is 0.633. The van der Waals surface area contributed by atoms with Crippen molar-refractivity contribution in [1.29, 1.82) is 0 Å². The Morgan fingerprint density at radius 2 is 2.14 bits per heavy atom. The lowest BCUT2D eigenvalue weighted by Gasteiger charge is -2.26. The van der Waals surface area contributed by atoms with Gasteiger partial charge in [0.1, 0.15) is 0 Å². The third-order valence-electron chi connectivity index (χ3n) is 2.18. The molecule has 1 rings (SSSR count). The van der Waals surface area contributed by atoms with Crippen molar-refractivity contribution >= 4 is 5.91 Å². The number of nitrogens with one attached hydrogen (secondary N) is 1. The van der Waals surface area contributed by atoms with E-state index < -0.39 is 0 Å². The van der Waals surface area contributed by atoms with Crippen LogP contribution in [0.2, 0.25) is 0 Å². The van der Waals surface area contributed by atoms with E-state index in [0.717, 1.165) is 26.3 Å². The molecule has 0 saturated carbocycles. The van der Waals surface area contributed by atoms with Crippen LogP contribution in [0, 0.1) is 0 Å². The second kappa shape index (κ2) is 5.78. The molecule has 4 heteroatoms. The van der Waals surface area contributed by atoms with E-state index in [2.05, 4.69) is 16.8 Å². The molecule has 1 N–H and O–H groups in total. The SMILES string of the molecule is C=C(CN1CCOCC1)C(=O)NCC. The van der Waals surface area contributed by atoms with Gasteiger partial charge in [0.2, 0.25) is 5.91 Å². The van der Waals surface area contributed by atoms with Crippen molar-refractivity contribution in [3.8, 4) is 0 Å². The first-order valence-corrected chi connectivity index (χ1v) is 5.00. The molecule has 0 aromatic carbocycles. The van der Waals surface area contributed by atoms with Crippen LogP contribution in [0.3, 0.4) is 0 Å². The minimum Gasteiger partial charge on any atom is -0.379 e. The minimum atomic E-state index is -0.0426. The lowest BCUT2D eigenvalue weighted by molar-refractivity contribution is -0.117. The van der Waals surface area contributed by atoms with E-state index in [4.69, 9.17) is 4.74 Å². The maximum Gasteiger partial charge on any atom is 0.247 e. The van der Waals surface area contributed by atoms with Crippen LogP contribution in [-0.2, 0) is 9.53 Å². The number of hydrogen-bond acceptors (Lipinski definition) is 3. The molecular formula is C10H18N2O2. The summed E-state index contributed by atoms with van der Waals surface area (Å²) in [6, 6.07) is 0. The molecule has 1 aliphatic rings. The summed E-state index contributed by atoms with van der Waals surface area (Å²) in [5.74, 6) is -0.0426. The van der Waals surface area contributed by atoms with Crippen LogP contribution >= 0.6 is 0 Å². The normalized spacial score (nSPS) is 17.8. The largest absolute Gasteiger partial charge is 0.379 e. The molecule has 80 valence electrons. The summed E-state index contributed by atoms with van der Waals surface area (Å²) in [7, 11) is 0. The highest BCUT2D eigenvalue weighted by Gasteiger charge is 2.14. The van der Waals surface area contributed by atoms with Gasteiger partial charge >= 0.3 is 0 Å². The monoisotopic (exact) mass is 198 g/mol. The standard InChI is InChI=1S/C10H18N2O2/c1-3-11-10(13)9(2)8-12-4-6-14-7-5-12/h2-8H2,1H3,(H,11,13). The maximum atomic E-state index is 11.3. The van der Waals surface area contributed by atoms with Crippen molar-refractivity contribution in [2.24, 2.45) is 0 Å². The van der Waals surface area contributed by atoms with E-state index in [1.54, 1.807) is 0 Å². The molecule has 0 atom stereocenters. The zero-order valence-electron chi connectivity index (χ0n) is 8.71. The van der Waals surface area contributed by atoms with E-state index in [1.165, 1.54) is 0 Å². The number of hydrogen-bond donors (Lipinski definition) is 1. The van der Waals surface area contributed by atoms with Crippen LogP contribution in [0.4, 0.5) is 0 Å². The highest BCUT2D eigenvalue weighted by molar-refractivity contribution is 5.93. The average molecular weight is 198 g/mol. The first-order valence-electron chi connectivity index (χ1n) is 5.00. The van der Waals surface area contributed by atoms with E-state index in [0.29, 0.717) is 18.7 Å². The second-order valence-electron chi connectivity index (χ2n) is 3.35. The van der Waals surface area contributed by atoms with Crippen molar-refractivity contribution in [1.82, 2.24) is 10.2 Å². The van der Waals surface area contributed by atoms with Gasteiger partial charge in [-0.25, -0.2) is 0 Å². The van der Waals surface area contributed by atoms with Gasteiger partial charge in [-0.3, -0.25) is 9.69 Å². The molecule has 14 heavy (non-hydrogen) atoms. The molecule has 1 amide bonds. The van der Waals surface area contributed by atoms with Crippen LogP contribution in [0.15, 0.2) is 12.2 Å². The van der Waals surface area contributed by atoms with Crippen LogP contribution in [0.25, 0.3) is 0 Å². The fraction of sp³-hybridized carbons (Fsp3) is 0.700. The van der Waals surface area contributed by atoms with Crippen molar-refractivity contribution in [3.05, 3.63) is 12.2 Å². The van der Waals surface area contributed by atoms with E-state index in [9.17, 15) is 4.79 Å². The third kappa shape index (κ3) is 3.47. The fourth-order valence-electron chi connectivity index (χ4n) is 1.39. The Morgan fingerprint density at radius 1 is 1.50 bits per heavy atom. The number of rotatable bonds is 4. The van der Waals surface area contributed by atoms with Crippen LogP contribution in [0.5, 0.6) is 0 Å². The van der Waals surface area contributed by atoms with Gasteiger partial charge in [0.25, 0.3) is 0 Å². The fourth-order valence-corrected chi connectivity index (χ4v) is 1.39. The van der Waals surface area contributed by atoms with E-state index in [1.807, 2.05) is 6.92 Å². The van der Waals surface area contributed by atoms with E-state index >= 15 is 0 Å². The second-order valence-corrected chi connectivity index (χ2v) is 3.35. The van der Waals surface area contributed by atoms with Gasteiger partial charge in [0.15, 0.2) is 0 Å². The molecule has 0 aromatic rings. The molecule has 0 radical (unpaired) electrons. The molecule has 0 bridgehead atoms. The smallest absolute Gasteiger partial charge is 0.247 e. The Balaban J connectivity index is 2.28. The molecular weight excluding hydrogens is 180 g/mol. The summed E-state index contributed by atoms with van der Waals surface area (Å²) < 4.78 is 5.22. The number of ether oxygens (including phenoxy) is 1. The first kappa shape index (κ1) is 11.2. The Hall–Kier alpha value is -0.870. The first-order chi connectivity index (χ1) is 6.74. The molecule has 4 nitrogen and oxygen atoms in total. The van der Waals surface area contributed by atoms with Gasteiger partial charge in [0, 0.05) is 31.8 Å². The van der Waals surface area contributed by atoms with Gasteiger partial charge < -0.3 is 10.1 Å². The summed E-state index contributed by atoms with van der Waals surface area (Å²) in [4.78, 5) is 13.5. The van der Waals surface area contributed by atoms with Crippen molar-refractivity contribution in [2.75, 3.05) is 39.4 Å². The molecule has 0 aliphatic carbocycles. The van der Waals surface area contributed by atoms with Crippen molar-refractivity contribution in [2.45, 2.75) is 6.92 Å². The lowest BCUT2D eigenvalue weighted by Crippen LogP contribution is -2.39. The van der Waals surface area contributed by atoms with Gasteiger partial charge in [-0.05, 0) is 6.92 Å². The highest BCUT2D eigenvalue weighted by atomic mass is 16.5. The Bertz CT molecular complexity index is 210.